The fourth-order valence-corrected chi connectivity index (χ4v) is 1.81. The lowest BCUT2D eigenvalue weighted by Gasteiger charge is -2.22. The maximum Gasteiger partial charge on any atom is 0.230 e. The molecule has 0 aliphatic carbocycles. The number of nitrogens with one attached hydrogen (secondary N) is 1. The quantitative estimate of drug-likeness (QED) is 0.832. The Kier molecular flexibility index (Phi) is 4.87. The van der Waals surface area contributed by atoms with E-state index in [9.17, 15) is 4.79 Å². The summed E-state index contributed by atoms with van der Waals surface area (Å²) in [5.41, 5.74) is 6.56. The first-order chi connectivity index (χ1) is 8.27. The first-order valence-corrected chi connectivity index (χ1v) is 6.89. The molecule has 1 amide bonds. The summed E-state index contributed by atoms with van der Waals surface area (Å²) >= 11 is 8.35. The van der Waals surface area contributed by atoms with E-state index in [2.05, 4.69) is 21.2 Å². The molecule has 0 bridgehead atoms. The van der Waals surface area contributed by atoms with Crippen LogP contribution in [0.1, 0.15) is 32.8 Å². The number of amides is 1. The first-order valence-electron chi connectivity index (χ1n) is 5.68. The number of benzene rings is 1. The van der Waals surface area contributed by atoms with E-state index in [0.717, 1.165) is 10.9 Å². The smallest absolute Gasteiger partial charge is 0.230 e. The SMILES string of the molecule is CCC(C)(C)C(=O)Nc1ccc(Br)cc1C(N)=S. The average molecular weight is 329 g/mol. The number of thiocarbonyl (C=S) groups is 1. The molecule has 0 atom stereocenters. The van der Waals surface area contributed by atoms with Gasteiger partial charge < -0.3 is 11.1 Å². The number of carbonyl (C=O) groups excluding carboxylic acids is 1. The highest BCUT2D eigenvalue weighted by Gasteiger charge is 2.26. The summed E-state index contributed by atoms with van der Waals surface area (Å²) in [5.74, 6) is -0.0372. The molecule has 3 N–H and O–H groups in total. The Hall–Kier alpha value is -0.940. The molecular formula is C13H17BrN2OS. The molecule has 0 fully saturated rings. The van der Waals surface area contributed by atoms with Crippen LogP contribution in [0.5, 0.6) is 0 Å². The molecule has 0 aliphatic rings. The fourth-order valence-electron chi connectivity index (χ4n) is 1.28. The van der Waals surface area contributed by atoms with E-state index in [-0.39, 0.29) is 10.9 Å². The molecule has 0 spiro atoms. The van der Waals surface area contributed by atoms with Crippen LogP contribution < -0.4 is 11.1 Å². The highest BCUT2D eigenvalue weighted by Crippen LogP contribution is 2.25. The van der Waals surface area contributed by atoms with E-state index < -0.39 is 5.41 Å². The fraction of sp³-hybridized carbons (Fsp3) is 0.385. The zero-order chi connectivity index (χ0) is 13.9. The van der Waals surface area contributed by atoms with Crippen LogP contribution in [-0.4, -0.2) is 10.9 Å². The lowest BCUT2D eigenvalue weighted by Crippen LogP contribution is -2.31. The van der Waals surface area contributed by atoms with Gasteiger partial charge in [0.2, 0.25) is 5.91 Å². The third-order valence-electron chi connectivity index (χ3n) is 2.99. The standard InChI is InChI=1S/C13H17BrN2OS/c1-4-13(2,3)12(17)16-10-6-5-8(14)7-9(10)11(15)18/h5-7H,4H2,1-3H3,(H2,15,18)(H,16,17). The summed E-state index contributed by atoms with van der Waals surface area (Å²) in [4.78, 5) is 12.4. The van der Waals surface area contributed by atoms with Gasteiger partial charge in [0.1, 0.15) is 4.99 Å². The highest BCUT2D eigenvalue weighted by atomic mass is 79.9. The Morgan fingerprint density at radius 2 is 2.11 bits per heavy atom. The van der Waals surface area contributed by atoms with Crippen molar-refractivity contribution in [2.45, 2.75) is 27.2 Å². The molecule has 0 saturated heterocycles. The second kappa shape index (κ2) is 5.80. The molecule has 0 saturated carbocycles. The predicted molar refractivity (Wildman–Crippen MR) is 82.7 cm³/mol. The Labute approximate surface area is 121 Å². The molecule has 0 heterocycles. The van der Waals surface area contributed by atoms with Crippen molar-refractivity contribution in [1.29, 1.82) is 0 Å². The minimum Gasteiger partial charge on any atom is -0.389 e. The summed E-state index contributed by atoms with van der Waals surface area (Å²) in [6.07, 6.45) is 0.762. The van der Waals surface area contributed by atoms with Crippen molar-refractivity contribution in [2.24, 2.45) is 11.1 Å². The molecule has 0 radical (unpaired) electrons. The van der Waals surface area contributed by atoms with Gasteiger partial charge in [-0.05, 0) is 24.6 Å². The predicted octanol–water partition coefficient (Wildman–Crippen LogP) is 3.46. The minimum atomic E-state index is -0.416. The van der Waals surface area contributed by atoms with E-state index in [1.54, 1.807) is 12.1 Å². The first kappa shape index (κ1) is 15.1. The van der Waals surface area contributed by atoms with Crippen LogP contribution in [-0.2, 0) is 4.79 Å². The molecule has 98 valence electrons. The van der Waals surface area contributed by atoms with Gasteiger partial charge in [-0.25, -0.2) is 0 Å². The molecule has 18 heavy (non-hydrogen) atoms. The molecule has 5 heteroatoms. The van der Waals surface area contributed by atoms with Crippen molar-refractivity contribution in [3.8, 4) is 0 Å². The van der Waals surface area contributed by atoms with Crippen LogP contribution in [0.4, 0.5) is 5.69 Å². The van der Waals surface area contributed by atoms with E-state index in [1.165, 1.54) is 0 Å². The second-order valence-corrected chi connectivity index (χ2v) is 6.10. The van der Waals surface area contributed by atoms with Crippen molar-refractivity contribution < 1.29 is 4.79 Å². The Bertz CT molecular complexity index is 486. The van der Waals surface area contributed by atoms with Gasteiger partial charge in [-0.1, -0.05) is 48.9 Å². The number of nitrogens with two attached hydrogens (primary N) is 1. The Balaban J connectivity index is 3.05. The summed E-state index contributed by atoms with van der Waals surface area (Å²) in [5, 5.41) is 2.88. The van der Waals surface area contributed by atoms with Gasteiger partial charge in [0, 0.05) is 15.5 Å². The van der Waals surface area contributed by atoms with Gasteiger partial charge in [-0.2, -0.15) is 0 Å². The van der Waals surface area contributed by atoms with Gasteiger partial charge in [-0.3, -0.25) is 4.79 Å². The number of halogens is 1. The zero-order valence-electron chi connectivity index (χ0n) is 10.7. The molecule has 1 aromatic rings. The van der Waals surface area contributed by atoms with Crippen molar-refractivity contribution in [3.05, 3.63) is 28.2 Å². The average Bonchev–Trinajstić information content (AvgIpc) is 2.31. The Morgan fingerprint density at radius 1 is 1.50 bits per heavy atom. The normalized spacial score (nSPS) is 11.1. The van der Waals surface area contributed by atoms with Crippen molar-refractivity contribution in [3.63, 3.8) is 0 Å². The minimum absolute atomic E-state index is 0.0372. The van der Waals surface area contributed by atoms with Crippen molar-refractivity contribution in [2.75, 3.05) is 5.32 Å². The number of hydrogen-bond acceptors (Lipinski definition) is 2. The number of hydrogen-bond donors (Lipinski definition) is 2. The molecule has 1 rings (SSSR count). The van der Waals surface area contributed by atoms with E-state index >= 15 is 0 Å². The number of anilines is 1. The summed E-state index contributed by atoms with van der Waals surface area (Å²) in [6.45, 7) is 5.79. The molecule has 0 unspecified atom stereocenters. The topological polar surface area (TPSA) is 55.1 Å². The number of rotatable bonds is 4. The summed E-state index contributed by atoms with van der Waals surface area (Å²) < 4.78 is 0.873. The van der Waals surface area contributed by atoms with E-state index in [4.69, 9.17) is 18.0 Å². The van der Waals surface area contributed by atoms with Gasteiger partial charge in [0.25, 0.3) is 0 Å². The maximum atomic E-state index is 12.1. The maximum absolute atomic E-state index is 12.1. The third-order valence-corrected chi connectivity index (χ3v) is 3.71. The van der Waals surface area contributed by atoms with E-state index in [1.807, 2.05) is 26.8 Å². The molecule has 1 aromatic carbocycles. The second-order valence-electron chi connectivity index (χ2n) is 4.75. The Morgan fingerprint density at radius 3 is 2.61 bits per heavy atom. The van der Waals surface area contributed by atoms with Gasteiger partial charge in [0.15, 0.2) is 0 Å². The van der Waals surface area contributed by atoms with Gasteiger partial charge in [-0.15, -0.1) is 0 Å². The third kappa shape index (κ3) is 3.53. The van der Waals surface area contributed by atoms with Crippen LogP contribution in [0.25, 0.3) is 0 Å². The summed E-state index contributed by atoms with van der Waals surface area (Å²) in [7, 11) is 0. The lowest BCUT2D eigenvalue weighted by atomic mass is 9.89. The molecular weight excluding hydrogens is 312 g/mol. The monoisotopic (exact) mass is 328 g/mol. The van der Waals surface area contributed by atoms with Gasteiger partial charge >= 0.3 is 0 Å². The summed E-state index contributed by atoms with van der Waals surface area (Å²) in [6, 6.07) is 5.44. The molecule has 0 aromatic heterocycles. The van der Waals surface area contributed by atoms with Crippen LogP contribution >= 0.6 is 28.1 Å². The lowest BCUT2D eigenvalue weighted by molar-refractivity contribution is -0.124. The zero-order valence-corrected chi connectivity index (χ0v) is 13.1. The van der Waals surface area contributed by atoms with E-state index in [0.29, 0.717) is 11.3 Å². The van der Waals surface area contributed by atoms with Crippen LogP contribution in [0.3, 0.4) is 0 Å². The highest BCUT2D eigenvalue weighted by molar-refractivity contribution is 9.10. The van der Waals surface area contributed by atoms with Crippen molar-refractivity contribution >= 4 is 44.7 Å². The molecule has 3 nitrogen and oxygen atoms in total. The van der Waals surface area contributed by atoms with Crippen LogP contribution in [0.2, 0.25) is 0 Å². The van der Waals surface area contributed by atoms with Crippen molar-refractivity contribution in [1.82, 2.24) is 0 Å². The largest absolute Gasteiger partial charge is 0.389 e. The van der Waals surface area contributed by atoms with Crippen LogP contribution in [0, 0.1) is 5.41 Å². The molecule has 0 aliphatic heterocycles. The van der Waals surface area contributed by atoms with Gasteiger partial charge in [0.05, 0.1) is 5.69 Å². The van der Waals surface area contributed by atoms with Crippen LogP contribution in [0.15, 0.2) is 22.7 Å². The number of carbonyl (C=O) groups is 1.